The molecule has 0 aliphatic rings. The first-order valence-corrected chi connectivity index (χ1v) is 12.7. The average Bonchev–Trinajstić information content (AvgIpc) is 2.71. The molecule has 0 radical (unpaired) electrons. The second-order valence-corrected chi connectivity index (χ2v) is 10.9. The number of carbonyl (C=O) groups is 1. The van der Waals surface area contributed by atoms with Crippen molar-refractivity contribution in [3.63, 3.8) is 0 Å². The van der Waals surface area contributed by atoms with Gasteiger partial charge in [0.15, 0.2) is 9.84 Å². The first-order chi connectivity index (χ1) is 14.8. The summed E-state index contributed by atoms with van der Waals surface area (Å²) in [7, 11) is -6.06. The zero-order valence-corrected chi connectivity index (χ0v) is 19.6. The van der Waals surface area contributed by atoms with E-state index in [1.165, 1.54) is 25.2 Å². The zero-order valence-electron chi connectivity index (χ0n) is 17.9. The molecule has 0 aliphatic heterocycles. The Labute approximate surface area is 186 Å². The van der Waals surface area contributed by atoms with Crippen LogP contribution in [0.5, 0.6) is 0 Å². The van der Waals surface area contributed by atoms with E-state index in [0.717, 1.165) is 12.3 Å². The Morgan fingerprint density at radius 3 is 2.28 bits per heavy atom. The number of carbonyl (C=O) groups excluding carboxylic acids is 1. The SMILES string of the molecule is CNS(=O)(=O)c1cc(C(=O)NCCNc2ccc(S(C)(=O)=O)cc2[N+](=O)[O-])cc(C)c1C. The Morgan fingerprint density at radius 2 is 1.72 bits per heavy atom. The molecule has 0 heterocycles. The lowest BCUT2D eigenvalue weighted by Crippen LogP contribution is -2.29. The number of aryl methyl sites for hydroxylation is 1. The van der Waals surface area contributed by atoms with Gasteiger partial charge in [0.2, 0.25) is 10.0 Å². The minimum atomic E-state index is -3.74. The molecule has 174 valence electrons. The molecule has 0 aliphatic carbocycles. The molecule has 3 N–H and O–H groups in total. The van der Waals surface area contributed by atoms with E-state index in [9.17, 15) is 31.7 Å². The first kappa shape index (κ1) is 25.2. The van der Waals surface area contributed by atoms with Crippen LogP contribution in [0.2, 0.25) is 0 Å². The Kier molecular flexibility index (Phi) is 7.59. The fourth-order valence-corrected chi connectivity index (χ4v) is 4.57. The van der Waals surface area contributed by atoms with Crippen molar-refractivity contribution in [1.29, 1.82) is 0 Å². The van der Waals surface area contributed by atoms with Gasteiger partial charge in [-0.2, -0.15) is 0 Å². The summed E-state index contributed by atoms with van der Waals surface area (Å²) in [4.78, 5) is 22.9. The van der Waals surface area contributed by atoms with Crippen LogP contribution >= 0.6 is 0 Å². The third-order valence-electron chi connectivity index (χ3n) is 4.76. The van der Waals surface area contributed by atoms with Crippen LogP contribution in [-0.2, 0) is 19.9 Å². The first-order valence-electron chi connectivity index (χ1n) is 9.33. The summed E-state index contributed by atoms with van der Waals surface area (Å²) in [6.45, 7) is 3.52. The maximum absolute atomic E-state index is 12.5. The van der Waals surface area contributed by atoms with E-state index in [-0.39, 0.29) is 34.1 Å². The van der Waals surface area contributed by atoms with Gasteiger partial charge in [-0.1, -0.05) is 0 Å². The summed E-state index contributed by atoms with van der Waals surface area (Å²) in [5.74, 6) is -0.510. The minimum absolute atomic E-state index is 0.00451. The molecule has 11 nitrogen and oxygen atoms in total. The Hall–Kier alpha value is -3.03. The third-order valence-corrected chi connectivity index (χ3v) is 7.41. The molecule has 0 saturated carbocycles. The highest BCUT2D eigenvalue weighted by Gasteiger charge is 2.20. The molecule has 2 aromatic carbocycles. The van der Waals surface area contributed by atoms with Crippen molar-refractivity contribution in [3.8, 4) is 0 Å². The van der Waals surface area contributed by atoms with Gasteiger partial charge in [0.05, 0.1) is 14.7 Å². The highest BCUT2D eigenvalue weighted by atomic mass is 32.2. The number of sulfone groups is 1. The van der Waals surface area contributed by atoms with E-state index >= 15 is 0 Å². The number of nitrogens with one attached hydrogen (secondary N) is 3. The summed E-state index contributed by atoms with van der Waals surface area (Å²) in [6, 6.07) is 6.36. The quantitative estimate of drug-likeness (QED) is 0.273. The number of hydrogen-bond donors (Lipinski definition) is 3. The lowest BCUT2D eigenvalue weighted by molar-refractivity contribution is -0.384. The van der Waals surface area contributed by atoms with Crippen LogP contribution in [0.25, 0.3) is 0 Å². The standard InChI is InChI=1S/C19H24N4O7S2/c1-12-9-14(10-18(13(12)2)32(29,30)20-3)19(24)22-8-7-21-16-6-5-15(31(4,27)28)11-17(16)23(25)26/h5-6,9-11,20-21H,7-8H2,1-4H3,(H,22,24). The lowest BCUT2D eigenvalue weighted by Gasteiger charge is -2.13. The Bertz CT molecular complexity index is 1270. The smallest absolute Gasteiger partial charge is 0.293 e. The maximum Gasteiger partial charge on any atom is 0.293 e. The molecule has 0 bridgehead atoms. The van der Waals surface area contributed by atoms with Crippen LogP contribution in [0.1, 0.15) is 21.5 Å². The molecule has 32 heavy (non-hydrogen) atoms. The van der Waals surface area contributed by atoms with Crippen molar-refractivity contribution in [2.24, 2.45) is 0 Å². The fraction of sp³-hybridized carbons (Fsp3) is 0.316. The number of nitro groups is 1. The Balaban J connectivity index is 2.11. The van der Waals surface area contributed by atoms with Gasteiger partial charge in [0, 0.05) is 31.0 Å². The second kappa shape index (κ2) is 9.63. The normalized spacial score (nSPS) is 11.8. The molecule has 0 saturated heterocycles. The summed E-state index contributed by atoms with van der Waals surface area (Å²) < 4.78 is 49.8. The van der Waals surface area contributed by atoms with Gasteiger partial charge < -0.3 is 10.6 Å². The van der Waals surface area contributed by atoms with Crippen molar-refractivity contribution in [2.45, 2.75) is 23.6 Å². The summed E-state index contributed by atoms with van der Waals surface area (Å²) >= 11 is 0. The number of hydrogen-bond acceptors (Lipinski definition) is 8. The van der Waals surface area contributed by atoms with Crippen LogP contribution in [0.15, 0.2) is 40.1 Å². The van der Waals surface area contributed by atoms with Crippen LogP contribution in [0.3, 0.4) is 0 Å². The van der Waals surface area contributed by atoms with E-state index in [2.05, 4.69) is 15.4 Å². The fourth-order valence-electron chi connectivity index (χ4n) is 2.87. The zero-order chi connectivity index (χ0) is 24.3. The number of benzene rings is 2. The van der Waals surface area contributed by atoms with E-state index < -0.39 is 36.4 Å². The molecule has 2 rings (SSSR count). The van der Waals surface area contributed by atoms with Gasteiger partial charge in [-0.05, 0) is 56.3 Å². The molecule has 0 unspecified atom stereocenters. The molecule has 1 amide bonds. The third kappa shape index (κ3) is 5.81. The molecule has 0 aromatic heterocycles. The van der Waals surface area contributed by atoms with E-state index in [1.54, 1.807) is 19.9 Å². The molecular formula is C19H24N4O7S2. The van der Waals surface area contributed by atoms with Gasteiger partial charge in [-0.15, -0.1) is 0 Å². The second-order valence-electron chi connectivity index (χ2n) is 7.01. The topological polar surface area (TPSA) is 165 Å². The van der Waals surface area contributed by atoms with Crippen LogP contribution in [0.4, 0.5) is 11.4 Å². The molecule has 0 spiro atoms. The summed E-state index contributed by atoms with van der Waals surface area (Å²) in [5.41, 5.74) is 1.01. The van der Waals surface area contributed by atoms with Crippen LogP contribution < -0.4 is 15.4 Å². The minimum Gasteiger partial charge on any atom is -0.378 e. The van der Waals surface area contributed by atoms with Gasteiger partial charge in [-0.3, -0.25) is 14.9 Å². The summed E-state index contributed by atoms with van der Waals surface area (Å²) in [5, 5.41) is 16.7. The van der Waals surface area contributed by atoms with Gasteiger partial charge in [-0.25, -0.2) is 21.6 Å². The van der Waals surface area contributed by atoms with E-state index in [0.29, 0.717) is 11.1 Å². The average molecular weight is 485 g/mol. The Morgan fingerprint density at radius 1 is 1.06 bits per heavy atom. The number of sulfonamides is 1. The lowest BCUT2D eigenvalue weighted by atomic mass is 10.1. The van der Waals surface area contributed by atoms with Crippen molar-refractivity contribution in [2.75, 3.05) is 31.7 Å². The van der Waals surface area contributed by atoms with E-state index in [1.807, 2.05) is 0 Å². The van der Waals surface area contributed by atoms with Crippen molar-refractivity contribution >= 4 is 37.1 Å². The van der Waals surface area contributed by atoms with Gasteiger partial charge in [0.1, 0.15) is 5.69 Å². The molecule has 2 aromatic rings. The number of nitro benzene ring substituents is 1. The highest BCUT2D eigenvalue weighted by Crippen LogP contribution is 2.27. The van der Waals surface area contributed by atoms with Crippen LogP contribution in [-0.4, -0.2) is 54.1 Å². The number of nitrogens with zero attached hydrogens (tertiary/aromatic N) is 1. The number of amides is 1. The molecule has 13 heteroatoms. The summed E-state index contributed by atoms with van der Waals surface area (Å²) in [6.07, 6.45) is 0.953. The largest absolute Gasteiger partial charge is 0.378 e. The molecule has 0 fully saturated rings. The predicted octanol–water partition coefficient (Wildman–Crippen LogP) is 1.37. The van der Waals surface area contributed by atoms with Crippen molar-refractivity contribution < 1.29 is 26.6 Å². The number of rotatable bonds is 9. The van der Waals surface area contributed by atoms with Crippen molar-refractivity contribution in [1.82, 2.24) is 10.0 Å². The van der Waals surface area contributed by atoms with Crippen LogP contribution in [0, 0.1) is 24.0 Å². The highest BCUT2D eigenvalue weighted by molar-refractivity contribution is 7.90. The van der Waals surface area contributed by atoms with Gasteiger partial charge >= 0.3 is 0 Å². The molecule has 0 atom stereocenters. The molecular weight excluding hydrogens is 460 g/mol. The van der Waals surface area contributed by atoms with Crippen molar-refractivity contribution in [3.05, 3.63) is 57.1 Å². The maximum atomic E-state index is 12.5. The van der Waals surface area contributed by atoms with Gasteiger partial charge in [0.25, 0.3) is 11.6 Å². The van der Waals surface area contributed by atoms with E-state index in [4.69, 9.17) is 0 Å². The number of anilines is 1. The predicted molar refractivity (Wildman–Crippen MR) is 119 cm³/mol. The monoisotopic (exact) mass is 484 g/mol.